The highest BCUT2D eigenvalue weighted by molar-refractivity contribution is 5.85. The van der Waals surface area contributed by atoms with Crippen LogP contribution in [0.5, 0.6) is 5.75 Å². The van der Waals surface area contributed by atoms with Gasteiger partial charge in [0, 0.05) is 44.1 Å². The molecule has 1 saturated carbocycles. The fourth-order valence-corrected chi connectivity index (χ4v) is 3.43. The summed E-state index contributed by atoms with van der Waals surface area (Å²) in [6.07, 6.45) is 3.88. The van der Waals surface area contributed by atoms with Crippen molar-refractivity contribution in [1.29, 1.82) is 0 Å². The zero-order valence-electron chi connectivity index (χ0n) is 15.4. The second-order valence-electron chi connectivity index (χ2n) is 7.12. The Morgan fingerprint density at radius 1 is 1.37 bits per heavy atom. The first-order chi connectivity index (χ1) is 13.3. The third-order valence-electron chi connectivity index (χ3n) is 4.96. The third-order valence-corrected chi connectivity index (χ3v) is 4.96. The van der Waals surface area contributed by atoms with Crippen LogP contribution in [0.15, 0.2) is 28.9 Å². The molecule has 1 aromatic carbocycles. The number of amides is 1. The molecule has 7 nitrogen and oxygen atoms in total. The second-order valence-corrected chi connectivity index (χ2v) is 7.12. The number of carbonyl (C=O) groups is 1. The summed E-state index contributed by atoms with van der Waals surface area (Å²) in [7, 11) is 0. The summed E-state index contributed by atoms with van der Waals surface area (Å²) in [5.41, 5.74) is 1.70. The van der Waals surface area contributed by atoms with Gasteiger partial charge in [0.05, 0.1) is 19.5 Å². The zero-order valence-corrected chi connectivity index (χ0v) is 15.4. The van der Waals surface area contributed by atoms with Gasteiger partial charge in [-0.3, -0.25) is 4.79 Å². The third kappa shape index (κ3) is 4.26. The number of hydrogen-bond donors (Lipinski definition) is 2. The molecule has 2 N–H and O–H groups in total. The summed E-state index contributed by atoms with van der Waals surface area (Å²) >= 11 is 0. The summed E-state index contributed by atoms with van der Waals surface area (Å²) in [6, 6.07) is 6.17. The minimum Gasteiger partial charge on any atom is -0.490 e. The van der Waals surface area contributed by atoms with Crippen molar-refractivity contribution < 1.29 is 23.8 Å². The average molecular weight is 374 g/mol. The Morgan fingerprint density at radius 2 is 2.26 bits per heavy atom. The van der Waals surface area contributed by atoms with Crippen LogP contribution in [0.25, 0.3) is 11.0 Å². The van der Waals surface area contributed by atoms with Gasteiger partial charge in [0.15, 0.2) is 11.3 Å². The van der Waals surface area contributed by atoms with E-state index in [9.17, 15) is 4.79 Å². The van der Waals surface area contributed by atoms with E-state index in [0.29, 0.717) is 50.1 Å². The van der Waals surface area contributed by atoms with E-state index in [2.05, 4.69) is 5.32 Å². The fraction of sp³-hybridized carbons (Fsp3) is 0.550. The highest BCUT2D eigenvalue weighted by Crippen LogP contribution is 2.33. The molecule has 1 aliphatic heterocycles. The molecule has 0 unspecified atom stereocenters. The Morgan fingerprint density at radius 3 is 3.00 bits per heavy atom. The first-order valence-electron chi connectivity index (χ1n) is 9.63. The van der Waals surface area contributed by atoms with Crippen molar-refractivity contribution in [2.75, 3.05) is 32.9 Å². The van der Waals surface area contributed by atoms with Crippen LogP contribution in [0.3, 0.4) is 0 Å². The lowest BCUT2D eigenvalue weighted by Crippen LogP contribution is -2.49. The van der Waals surface area contributed by atoms with Gasteiger partial charge in [-0.05, 0) is 36.6 Å². The number of nitrogens with zero attached hydrogens (tertiary/aromatic N) is 1. The van der Waals surface area contributed by atoms with Crippen molar-refractivity contribution in [3.05, 3.63) is 30.0 Å². The van der Waals surface area contributed by atoms with Crippen LogP contribution in [0.1, 0.15) is 24.8 Å². The van der Waals surface area contributed by atoms with Crippen LogP contribution in [0.2, 0.25) is 0 Å². The number of carbonyl (C=O) groups excluding carboxylic acids is 1. The minimum atomic E-state index is -0.405. The van der Waals surface area contributed by atoms with Gasteiger partial charge in [-0.15, -0.1) is 0 Å². The summed E-state index contributed by atoms with van der Waals surface area (Å²) in [5, 5.41) is 13.2. The molecule has 146 valence electrons. The number of aliphatic hydroxyl groups is 1. The quantitative estimate of drug-likeness (QED) is 0.684. The number of furan rings is 1. The molecule has 1 atom stereocenters. The Bertz CT molecular complexity index is 780. The Hall–Kier alpha value is -2.09. The van der Waals surface area contributed by atoms with Crippen LogP contribution >= 0.6 is 0 Å². The minimum absolute atomic E-state index is 0.0553. The predicted octanol–water partition coefficient (Wildman–Crippen LogP) is 1.67. The SMILES string of the molecule is O=C([C@H]1CNCCO1)N(Cc1cc(OCCCO)c2occc2c1)C1CC1. The molecule has 2 aromatic rings. The van der Waals surface area contributed by atoms with Gasteiger partial charge in [-0.1, -0.05) is 0 Å². The molecular weight excluding hydrogens is 348 g/mol. The normalized spacial score (nSPS) is 20.0. The lowest BCUT2D eigenvalue weighted by molar-refractivity contribution is -0.146. The molecule has 1 amide bonds. The van der Waals surface area contributed by atoms with Crippen LogP contribution < -0.4 is 10.1 Å². The second kappa shape index (κ2) is 8.29. The molecule has 2 fully saturated rings. The zero-order chi connectivity index (χ0) is 18.6. The molecule has 1 saturated heterocycles. The van der Waals surface area contributed by atoms with Crippen LogP contribution in [-0.2, 0) is 16.1 Å². The maximum atomic E-state index is 13.0. The van der Waals surface area contributed by atoms with E-state index in [1.165, 1.54) is 0 Å². The van der Waals surface area contributed by atoms with E-state index in [1.807, 2.05) is 23.1 Å². The lowest BCUT2D eigenvalue weighted by atomic mass is 10.1. The smallest absolute Gasteiger partial charge is 0.253 e. The summed E-state index contributed by atoms with van der Waals surface area (Å²) in [5.74, 6) is 0.708. The van der Waals surface area contributed by atoms with Gasteiger partial charge in [0.25, 0.3) is 5.91 Å². The number of aliphatic hydroxyl groups excluding tert-OH is 1. The standard InChI is InChI=1S/C20H26N2O5/c23-6-1-7-25-17-11-14(10-15-4-8-27-19(15)17)13-22(16-2-3-16)20(24)18-12-21-5-9-26-18/h4,8,10-11,16,18,21,23H,1-3,5-7,9,12-13H2/t18-/m1/s1. The number of benzene rings is 1. The van der Waals surface area contributed by atoms with E-state index in [-0.39, 0.29) is 12.5 Å². The molecule has 4 rings (SSSR count). The maximum Gasteiger partial charge on any atom is 0.253 e. The van der Waals surface area contributed by atoms with Gasteiger partial charge in [0.1, 0.15) is 6.10 Å². The molecule has 2 aliphatic rings. The predicted molar refractivity (Wildman–Crippen MR) is 99.6 cm³/mol. The van der Waals surface area contributed by atoms with Crippen molar-refractivity contribution in [3.63, 3.8) is 0 Å². The van der Waals surface area contributed by atoms with E-state index >= 15 is 0 Å². The first-order valence-corrected chi connectivity index (χ1v) is 9.63. The summed E-state index contributed by atoms with van der Waals surface area (Å²) in [6.45, 7) is 2.96. The van der Waals surface area contributed by atoms with Gasteiger partial charge in [-0.2, -0.15) is 0 Å². The van der Waals surface area contributed by atoms with Gasteiger partial charge in [0.2, 0.25) is 0 Å². The number of morpholine rings is 1. The van der Waals surface area contributed by atoms with Crippen LogP contribution in [0, 0.1) is 0 Å². The van der Waals surface area contributed by atoms with Gasteiger partial charge >= 0.3 is 0 Å². The van der Waals surface area contributed by atoms with Crippen LogP contribution in [-0.4, -0.2) is 61.0 Å². The molecule has 0 radical (unpaired) electrons. The first kappa shape index (κ1) is 18.3. The molecule has 0 bridgehead atoms. The molecule has 1 aromatic heterocycles. The van der Waals surface area contributed by atoms with Crippen molar-refractivity contribution in [3.8, 4) is 5.75 Å². The van der Waals surface area contributed by atoms with Gasteiger partial charge < -0.3 is 29.2 Å². The van der Waals surface area contributed by atoms with Crippen molar-refractivity contribution in [1.82, 2.24) is 10.2 Å². The number of hydrogen-bond acceptors (Lipinski definition) is 6. The average Bonchev–Trinajstić information content (AvgIpc) is 3.43. The maximum absolute atomic E-state index is 13.0. The number of nitrogens with one attached hydrogen (secondary N) is 1. The van der Waals surface area contributed by atoms with Crippen molar-refractivity contribution in [2.24, 2.45) is 0 Å². The Kier molecular flexibility index (Phi) is 5.61. The van der Waals surface area contributed by atoms with E-state index in [4.69, 9.17) is 19.0 Å². The highest BCUT2D eigenvalue weighted by atomic mass is 16.5. The molecule has 27 heavy (non-hydrogen) atoms. The largest absolute Gasteiger partial charge is 0.490 e. The lowest BCUT2D eigenvalue weighted by Gasteiger charge is -2.30. The number of fused-ring (bicyclic) bond motifs is 1. The Balaban J connectivity index is 1.54. The molecule has 0 spiro atoms. The van der Waals surface area contributed by atoms with Gasteiger partial charge in [-0.25, -0.2) is 0 Å². The topological polar surface area (TPSA) is 84.2 Å². The monoisotopic (exact) mass is 374 g/mol. The number of ether oxygens (including phenoxy) is 2. The molecular formula is C20H26N2O5. The number of rotatable bonds is 8. The summed E-state index contributed by atoms with van der Waals surface area (Å²) in [4.78, 5) is 14.9. The Labute approximate surface area is 158 Å². The summed E-state index contributed by atoms with van der Waals surface area (Å²) < 4.78 is 17.0. The molecule has 7 heteroatoms. The molecule has 1 aliphatic carbocycles. The van der Waals surface area contributed by atoms with Crippen molar-refractivity contribution >= 4 is 16.9 Å². The van der Waals surface area contributed by atoms with E-state index in [1.54, 1.807) is 6.26 Å². The van der Waals surface area contributed by atoms with Crippen molar-refractivity contribution in [2.45, 2.75) is 38.0 Å². The van der Waals surface area contributed by atoms with Crippen LogP contribution in [0.4, 0.5) is 0 Å². The van der Waals surface area contributed by atoms with E-state index in [0.717, 1.165) is 30.3 Å². The van der Waals surface area contributed by atoms with E-state index < -0.39 is 6.10 Å². The highest BCUT2D eigenvalue weighted by Gasteiger charge is 2.37. The fourth-order valence-electron chi connectivity index (χ4n) is 3.43. The molecule has 2 heterocycles.